The molecule has 1 aromatic rings. The van der Waals surface area contributed by atoms with Crippen LogP contribution >= 0.6 is 0 Å². The summed E-state index contributed by atoms with van der Waals surface area (Å²) in [6.07, 6.45) is 0. The Balaban J connectivity index is 2.28. The Bertz CT molecular complexity index is 459. The summed E-state index contributed by atoms with van der Waals surface area (Å²) in [5, 5.41) is 12.4. The van der Waals surface area contributed by atoms with Crippen LogP contribution < -0.4 is 10.2 Å². The monoisotopic (exact) mass is 230 g/mol. The second-order valence-electron chi connectivity index (χ2n) is 5.20. The summed E-state index contributed by atoms with van der Waals surface area (Å²) in [4.78, 5) is 6.76. The van der Waals surface area contributed by atoms with E-state index in [2.05, 4.69) is 35.1 Å². The number of hydrogen-bond donors (Lipinski definition) is 1. The Morgan fingerprint density at radius 3 is 2.88 bits per heavy atom. The summed E-state index contributed by atoms with van der Waals surface area (Å²) in [6.45, 7) is 9.08. The van der Waals surface area contributed by atoms with Gasteiger partial charge in [0.25, 0.3) is 0 Å². The minimum atomic E-state index is 0.0937. The molecule has 1 aliphatic heterocycles. The lowest BCUT2D eigenvalue weighted by molar-refractivity contribution is 0.351. The lowest BCUT2D eigenvalue weighted by Gasteiger charge is -2.39. The van der Waals surface area contributed by atoms with E-state index in [4.69, 9.17) is 5.26 Å². The topological polar surface area (TPSA) is 52.0 Å². The van der Waals surface area contributed by atoms with Crippen molar-refractivity contribution in [2.75, 3.05) is 24.5 Å². The van der Waals surface area contributed by atoms with Crippen LogP contribution in [0.2, 0.25) is 0 Å². The van der Waals surface area contributed by atoms with Crippen molar-refractivity contribution in [3.05, 3.63) is 23.4 Å². The van der Waals surface area contributed by atoms with Crippen LogP contribution in [0, 0.1) is 18.3 Å². The minimum Gasteiger partial charge on any atom is -0.353 e. The molecule has 1 aromatic heterocycles. The fourth-order valence-electron chi connectivity index (χ4n) is 2.21. The predicted octanol–water partition coefficient (Wildman–Crippen LogP) is 1.45. The van der Waals surface area contributed by atoms with Gasteiger partial charge in [0.1, 0.15) is 5.82 Å². The molecule has 0 atom stereocenters. The third-order valence-electron chi connectivity index (χ3n) is 2.96. The van der Waals surface area contributed by atoms with Gasteiger partial charge in [-0.1, -0.05) is 0 Å². The smallest absolute Gasteiger partial charge is 0.130 e. The van der Waals surface area contributed by atoms with E-state index >= 15 is 0 Å². The van der Waals surface area contributed by atoms with E-state index in [1.54, 1.807) is 0 Å². The number of nitrogens with zero attached hydrogens (tertiary/aromatic N) is 3. The summed E-state index contributed by atoms with van der Waals surface area (Å²) < 4.78 is 0. The minimum absolute atomic E-state index is 0.0937. The molecule has 1 saturated heterocycles. The Hall–Kier alpha value is -1.60. The fraction of sp³-hybridized carbons (Fsp3) is 0.538. The molecular weight excluding hydrogens is 212 g/mol. The number of anilines is 1. The second-order valence-corrected chi connectivity index (χ2v) is 5.20. The van der Waals surface area contributed by atoms with Crippen molar-refractivity contribution < 1.29 is 0 Å². The van der Waals surface area contributed by atoms with Crippen LogP contribution in [0.5, 0.6) is 0 Å². The van der Waals surface area contributed by atoms with Gasteiger partial charge in [-0.3, -0.25) is 0 Å². The molecule has 0 unspecified atom stereocenters. The third kappa shape index (κ3) is 2.75. The van der Waals surface area contributed by atoms with Crippen molar-refractivity contribution in [2.45, 2.75) is 26.3 Å². The maximum atomic E-state index is 8.98. The third-order valence-corrected chi connectivity index (χ3v) is 2.96. The predicted molar refractivity (Wildman–Crippen MR) is 68.0 cm³/mol. The van der Waals surface area contributed by atoms with E-state index in [0.29, 0.717) is 5.56 Å². The second kappa shape index (κ2) is 4.34. The summed E-state index contributed by atoms with van der Waals surface area (Å²) in [6, 6.07) is 5.87. The molecule has 1 N–H and O–H groups in total. The van der Waals surface area contributed by atoms with Crippen LogP contribution in [-0.4, -0.2) is 30.2 Å². The highest BCUT2D eigenvalue weighted by atomic mass is 15.3. The van der Waals surface area contributed by atoms with Gasteiger partial charge in [0.15, 0.2) is 0 Å². The van der Waals surface area contributed by atoms with Gasteiger partial charge in [0.2, 0.25) is 0 Å². The first-order chi connectivity index (χ1) is 8.00. The molecule has 0 spiro atoms. The Labute approximate surface area is 102 Å². The summed E-state index contributed by atoms with van der Waals surface area (Å²) >= 11 is 0. The van der Waals surface area contributed by atoms with Crippen LogP contribution in [0.15, 0.2) is 12.1 Å². The average Bonchev–Trinajstić information content (AvgIpc) is 2.27. The molecule has 4 nitrogen and oxygen atoms in total. The number of nitrogens with one attached hydrogen (secondary N) is 1. The van der Waals surface area contributed by atoms with Gasteiger partial charge < -0.3 is 10.2 Å². The van der Waals surface area contributed by atoms with E-state index in [0.717, 1.165) is 31.1 Å². The molecule has 90 valence electrons. The zero-order valence-electron chi connectivity index (χ0n) is 10.6. The van der Waals surface area contributed by atoms with E-state index in [1.165, 1.54) is 0 Å². The molecule has 17 heavy (non-hydrogen) atoms. The molecule has 0 aliphatic carbocycles. The van der Waals surface area contributed by atoms with Gasteiger partial charge in [-0.05, 0) is 32.9 Å². The van der Waals surface area contributed by atoms with Crippen molar-refractivity contribution in [1.29, 1.82) is 5.26 Å². The molecule has 1 aliphatic rings. The van der Waals surface area contributed by atoms with Crippen molar-refractivity contribution in [3.8, 4) is 6.07 Å². The van der Waals surface area contributed by atoms with Crippen molar-refractivity contribution >= 4 is 5.82 Å². The molecule has 4 heteroatoms. The number of rotatable bonds is 1. The molecule has 0 saturated carbocycles. The van der Waals surface area contributed by atoms with E-state index < -0.39 is 0 Å². The highest BCUT2D eigenvalue weighted by Crippen LogP contribution is 2.19. The molecule has 1 fully saturated rings. The number of aromatic nitrogens is 1. The maximum absolute atomic E-state index is 8.98. The van der Waals surface area contributed by atoms with E-state index in [-0.39, 0.29) is 5.54 Å². The van der Waals surface area contributed by atoms with Gasteiger partial charge in [0, 0.05) is 30.9 Å². The average molecular weight is 230 g/mol. The van der Waals surface area contributed by atoms with Crippen molar-refractivity contribution in [3.63, 3.8) is 0 Å². The van der Waals surface area contributed by atoms with Crippen LogP contribution in [0.25, 0.3) is 0 Å². The molecule has 0 bridgehead atoms. The summed E-state index contributed by atoms with van der Waals surface area (Å²) in [5.41, 5.74) is 1.68. The van der Waals surface area contributed by atoms with E-state index in [1.807, 2.05) is 19.1 Å². The van der Waals surface area contributed by atoms with Gasteiger partial charge in [-0.25, -0.2) is 4.98 Å². The number of piperazine rings is 1. The van der Waals surface area contributed by atoms with Gasteiger partial charge in [-0.15, -0.1) is 0 Å². The SMILES string of the molecule is Cc1cc(C#N)cc(N2CCNC(C)(C)C2)n1. The van der Waals surface area contributed by atoms with Gasteiger partial charge in [0.05, 0.1) is 11.6 Å². The summed E-state index contributed by atoms with van der Waals surface area (Å²) in [5.74, 6) is 0.913. The Kier molecular flexibility index (Phi) is 3.03. The Morgan fingerprint density at radius 2 is 2.24 bits per heavy atom. The standard InChI is InChI=1S/C13H18N4/c1-10-6-11(8-14)7-12(16-10)17-5-4-15-13(2,3)9-17/h6-7,15H,4-5,9H2,1-3H3. The molecular formula is C13H18N4. The quantitative estimate of drug-likeness (QED) is 0.793. The molecule has 0 amide bonds. The van der Waals surface area contributed by atoms with Crippen molar-refractivity contribution in [2.24, 2.45) is 0 Å². The fourth-order valence-corrected chi connectivity index (χ4v) is 2.21. The highest BCUT2D eigenvalue weighted by Gasteiger charge is 2.26. The molecule has 0 aromatic carbocycles. The van der Waals surface area contributed by atoms with Crippen LogP contribution in [0.4, 0.5) is 5.82 Å². The number of nitriles is 1. The first-order valence-electron chi connectivity index (χ1n) is 5.89. The first kappa shape index (κ1) is 11.9. The highest BCUT2D eigenvalue weighted by molar-refractivity contribution is 5.47. The number of aryl methyl sites for hydroxylation is 1. The number of pyridine rings is 1. The van der Waals surface area contributed by atoms with Gasteiger partial charge >= 0.3 is 0 Å². The first-order valence-corrected chi connectivity index (χ1v) is 5.89. The zero-order valence-corrected chi connectivity index (χ0v) is 10.6. The molecule has 0 radical (unpaired) electrons. The summed E-state index contributed by atoms with van der Waals surface area (Å²) in [7, 11) is 0. The molecule has 2 rings (SSSR count). The van der Waals surface area contributed by atoms with Crippen LogP contribution in [-0.2, 0) is 0 Å². The zero-order chi connectivity index (χ0) is 12.5. The largest absolute Gasteiger partial charge is 0.353 e. The lowest BCUT2D eigenvalue weighted by Crippen LogP contribution is -2.57. The molecule has 2 heterocycles. The van der Waals surface area contributed by atoms with Gasteiger partial charge in [-0.2, -0.15) is 5.26 Å². The maximum Gasteiger partial charge on any atom is 0.130 e. The van der Waals surface area contributed by atoms with E-state index in [9.17, 15) is 0 Å². The Morgan fingerprint density at radius 1 is 1.47 bits per heavy atom. The number of hydrogen-bond acceptors (Lipinski definition) is 4. The normalized spacial score (nSPS) is 18.8. The van der Waals surface area contributed by atoms with Crippen molar-refractivity contribution in [1.82, 2.24) is 10.3 Å². The van der Waals surface area contributed by atoms with Crippen LogP contribution in [0.3, 0.4) is 0 Å². The van der Waals surface area contributed by atoms with Crippen LogP contribution in [0.1, 0.15) is 25.1 Å². The lowest BCUT2D eigenvalue weighted by atomic mass is 10.0.